The summed E-state index contributed by atoms with van der Waals surface area (Å²) in [5.41, 5.74) is 8.89. The van der Waals surface area contributed by atoms with Crippen molar-refractivity contribution in [3.63, 3.8) is 0 Å². The second kappa shape index (κ2) is 7.43. The Kier molecular flexibility index (Phi) is 5.31. The molecule has 2 aromatic rings. The predicted molar refractivity (Wildman–Crippen MR) is 102 cm³/mol. The van der Waals surface area contributed by atoms with Gasteiger partial charge in [0.15, 0.2) is 0 Å². The molecule has 1 atom stereocenters. The molecule has 1 unspecified atom stereocenters. The summed E-state index contributed by atoms with van der Waals surface area (Å²) in [5, 5.41) is 2.02. The van der Waals surface area contributed by atoms with Crippen molar-refractivity contribution in [1.82, 2.24) is 10.4 Å². The lowest BCUT2D eigenvalue weighted by atomic mass is 9.84. The summed E-state index contributed by atoms with van der Waals surface area (Å²) in [6.07, 6.45) is 6.78. The summed E-state index contributed by atoms with van der Waals surface area (Å²) in [5.74, 6) is 0.442. The van der Waals surface area contributed by atoms with Gasteiger partial charge in [0, 0.05) is 31.0 Å². The molecule has 3 heteroatoms. The Balaban J connectivity index is 1.92. The molecule has 120 valence electrons. The zero-order chi connectivity index (χ0) is 16.2. The first-order valence-corrected chi connectivity index (χ1v) is 8.92. The molecule has 0 fully saturated rings. The van der Waals surface area contributed by atoms with Gasteiger partial charge in [-0.3, -0.25) is 10.4 Å². The van der Waals surface area contributed by atoms with Crippen LogP contribution in [-0.2, 0) is 0 Å². The molecule has 0 saturated heterocycles. The minimum atomic E-state index is 0.442. The molecule has 3 rings (SSSR count). The first-order chi connectivity index (χ1) is 11.1. The molecule has 2 aromatic carbocycles. The number of benzene rings is 2. The maximum absolute atomic E-state index is 3.64. The third-order valence-corrected chi connectivity index (χ3v) is 4.83. The van der Waals surface area contributed by atoms with Gasteiger partial charge in [-0.2, -0.15) is 0 Å². The third kappa shape index (κ3) is 3.92. The van der Waals surface area contributed by atoms with Crippen LogP contribution in [0.2, 0.25) is 0 Å². The summed E-state index contributed by atoms with van der Waals surface area (Å²) in [6.45, 7) is 1.00. The zero-order valence-corrected chi connectivity index (χ0v) is 15.3. The molecule has 0 saturated carbocycles. The van der Waals surface area contributed by atoms with Gasteiger partial charge in [-0.1, -0.05) is 58.4 Å². The molecular weight excluding hydrogens is 348 g/mol. The van der Waals surface area contributed by atoms with E-state index in [-0.39, 0.29) is 0 Å². The van der Waals surface area contributed by atoms with Crippen LogP contribution in [0, 0.1) is 0 Å². The Labute approximate surface area is 147 Å². The fraction of sp³-hybridized carbons (Fsp3) is 0.300. The fourth-order valence-electron chi connectivity index (χ4n) is 3.25. The van der Waals surface area contributed by atoms with Crippen molar-refractivity contribution in [3.05, 3.63) is 69.2 Å². The van der Waals surface area contributed by atoms with Gasteiger partial charge >= 0.3 is 0 Å². The van der Waals surface area contributed by atoms with Gasteiger partial charge in [0.2, 0.25) is 0 Å². The van der Waals surface area contributed by atoms with Crippen LogP contribution < -0.4 is 5.43 Å². The van der Waals surface area contributed by atoms with Crippen LogP contribution in [-0.4, -0.2) is 25.6 Å². The Morgan fingerprint density at radius 3 is 2.52 bits per heavy atom. The van der Waals surface area contributed by atoms with Crippen LogP contribution >= 0.6 is 15.9 Å². The number of rotatable bonds is 5. The van der Waals surface area contributed by atoms with Crippen molar-refractivity contribution < 1.29 is 0 Å². The predicted octanol–water partition coefficient (Wildman–Crippen LogP) is 4.91. The van der Waals surface area contributed by atoms with E-state index in [1.54, 1.807) is 0 Å². The standard InChI is InChI=1S/C20H23BrN2/c1-23(2)22-13-5-8-19-18-7-4-3-6-15(18)9-10-16-11-12-17(21)14-20(16)19/h3-4,6-7,9-12,14,19,22H,5,8,13H2,1-2H3. The van der Waals surface area contributed by atoms with E-state index in [2.05, 4.69) is 76.0 Å². The van der Waals surface area contributed by atoms with E-state index in [1.165, 1.54) is 22.3 Å². The Morgan fingerprint density at radius 1 is 1.00 bits per heavy atom. The van der Waals surface area contributed by atoms with E-state index in [9.17, 15) is 0 Å². The van der Waals surface area contributed by atoms with E-state index < -0.39 is 0 Å². The lowest BCUT2D eigenvalue weighted by molar-refractivity contribution is 0.286. The highest BCUT2D eigenvalue weighted by atomic mass is 79.9. The maximum Gasteiger partial charge on any atom is 0.0178 e. The normalized spacial score (nSPS) is 16.1. The molecule has 0 aliphatic heterocycles. The first kappa shape index (κ1) is 16.4. The van der Waals surface area contributed by atoms with Crippen LogP contribution in [0.15, 0.2) is 46.9 Å². The summed E-state index contributed by atoms with van der Waals surface area (Å²) >= 11 is 3.64. The summed E-state index contributed by atoms with van der Waals surface area (Å²) in [6, 6.07) is 15.4. The van der Waals surface area contributed by atoms with E-state index in [1.807, 2.05) is 19.1 Å². The second-order valence-electron chi connectivity index (χ2n) is 6.23. The van der Waals surface area contributed by atoms with Gasteiger partial charge in [0.05, 0.1) is 0 Å². The first-order valence-electron chi connectivity index (χ1n) is 8.12. The van der Waals surface area contributed by atoms with E-state index in [4.69, 9.17) is 0 Å². The van der Waals surface area contributed by atoms with E-state index >= 15 is 0 Å². The van der Waals surface area contributed by atoms with Crippen LogP contribution in [0.25, 0.3) is 12.2 Å². The maximum atomic E-state index is 3.64. The third-order valence-electron chi connectivity index (χ3n) is 4.34. The topological polar surface area (TPSA) is 15.3 Å². The van der Waals surface area contributed by atoms with Crippen LogP contribution in [0.4, 0.5) is 0 Å². The molecule has 1 aliphatic rings. The fourth-order valence-corrected chi connectivity index (χ4v) is 3.62. The second-order valence-corrected chi connectivity index (χ2v) is 7.15. The number of hydrazine groups is 1. The van der Waals surface area contributed by atoms with Crippen LogP contribution in [0.1, 0.15) is 41.0 Å². The molecule has 0 heterocycles. The molecule has 1 N–H and O–H groups in total. The quantitative estimate of drug-likeness (QED) is 0.593. The van der Waals surface area contributed by atoms with Gasteiger partial charge < -0.3 is 0 Å². The zero-order valence-electron chi connectivity index (χ0n) is 13.7. The van der Waals surface area contributed by atoms with Gasteiger partial charge in [-0.05, 0) is 47.2 Å². The number of nitrogens with zero attached hydrogens (tertiary/aromatic N) is 1. The average Bonchev–Trinajstić information content (AvgIpc) is 2.68. The van der Waals surface area contributed by atoms with Crippen LogP contribution in [0.3, 0.4) is 0 Å². The van der Waals surface area contributed by atoms with E-state index in [0.29, 0.717) is 5.92 Å². The Bertz CT molecular complexity index is 707. The lowest BCUT2D eigenvalue weighted by Crippen LogP contribution is -2.31. The Morgan fingerprint density at radius 2 is 1.74 bits per heavy atom. The van der Waals surface area contributed by atoms with Gasteiger partial charge in [0.1, 0.15) is 0 Å². The lowest BCUT2D eigenvalue weighted by Gasteiger charge is -2.21. The number of hydrogen-bond donors (Lipinski definition) is 1. The average molecular weight is 371 g/mol. The molecule has 23 heavy (non-hydrogen) atoms. The Hall–Kier alpha value is -1.42. The van der Waals surface area contributed by atoms with Crippen molar-refractivity contribution in [2.24, 2.45) is 0 Å². The minimum Gasteiger partial charge on any atom is -0.256 e. The van der Waals surface area contributed by atoms with Crippen LogP contribution in [0.5, 0.6) is 0 Å². The molecular formula is C20H23BrN2. The smallest absolute Gasteiger partial charge is 0.0178 e. The number of fused-ring (bicyclic) bond motifs is 2. The molecule has 2 nitrogen and oxygen atoms in total. The van der Waals surface area contributed by atoms with Gasteiger partial charge in [-0.15, -0.1) is 0 Å². The van der Waals surface area contributed by atoms with Crippen molar-refractivity contribution in [2.75, 3.05) is 20.6 Å². The molecule has 1 aliphatic carbocycles. The highest BCUT2D eigenvalue weighted by Gasteiger charge is 2.21. The molecule has 0 spiro atoms. The molecule has 0 aromatic heterocycles. The van der Waals surface area contributed by atoms with Crippen molar-refractivity contribution in [3.8, 4) is 0 Å². The van der Waals surface area contributed by atoms with Gasteiger partial charge in [0.25, 0.3) is 0 Å². The summed E-state index contributed by atoms with van der Waals surface area (Å²) in [4.78, 5) is 0. The monoisotopic (exact) mass is 370 g/mol. The molecule has 0 bridgehead atoms. The number of halogens is 1. The summed E-state index contributed by atoms with van der Waals surface area (Å²) < 4.78 is 1.15. The van der Waals surface area contributed by atoms with Crippen molar-refractivity contribution >= 4 is 28.1 Å². The van der Waals surface area contributed by atoms with Gasteiger partial charge in [-0.25, -0.2) is 0 Å². The van der Waals surface area contributed by atoms with E-state index in [0.717, 1.165) is 23.9 Å². The highest BCUT2D eigenvalue weighted by Crippen LogP contribution is 2.38. The molecule has 0 radical (unpaired) electrons. The SMILES string of the molecule is CN(C)NCCCC1c2ccccc2C=Cc2ccc(Br)cc21. The minimum absolute atomic E-state index is 0.442. The summed E-state index contributed by atoms with van der Waals surface area (Å²) in [7, 11) is 4.08. The molecule has 0 amide bonds. The number of nitrogens with one attached hydrogen (secondary N) is 1. The van der Waals surface area contributed by atoms with Crippen molar-refractivity contribution in [2.45, 2.75) is 18.8 Å². The largest absolute Gasteiger partial charge is 0.256 e. The van der Waals surface area contributed by atoms with Crippen molar-refractivity contribution in [1.29, 1.82) is 0 Å². The highest BCUT2D eigenvalue weighted by molar-refractivity contribution is 9.10. The number of hydrogen-bond acceptors (Lipinski definition) is 2.